The number of nitrogens with zero attached hydrogens (tertiary/aromatic N) is 5. The molecule has 13 atom stereocenters. The van der Waals surface area contributed by atoms with Gasteiger partial charge in [0.1, 0.15) is 36.6 Å². The molecular weight excluding hydrogens is 759 g/mol. The zero-order valence-electron chi connectivity index (χ0n) is 36.8. The summed E-state index contributed by atoms with van der Waals surface area (Å²) in [6, 6.07) is 7.02. The van der Waals surface area contributed by atoms with E-state index in [1.807, 2.05) is 69.0 Å². The average Bonchev–Trinajstić information content (AvgIpc) is 3.38. The molecule has 326 valence electrons. The van der Waals surface area contributed by atoms with Crippen molar-refractivity contribution in [2.24, 2.45) is 28.7 Å². The normalized spacial score (nSPS) is 37.5. The first-order valence-corrected chi connectivity index (χ1v) is 21.0. The Hall–Kier alpha value is -3.73. The third-order valence-electron chi connectivity index (χ3n) is 13.5. The van der Waals surface area contributed by atoms with Gasteiger partial charge in [0.15, 0.2) is 17.7 Å². The summed E-state index contributed by atoms with van der Waals surface area (Å²) in [5, 5.41) is 16.2. The van der Waals surface area contributed by atoms with Gasteiger partial charge >= 0.3 is 12.1 Å². The second-order valence-electron chi connectivity index (χ2n) is 17.8. The zero-order chi connectivity index (χ0) is 43.1. The zero-order valence-corrected chi connectivity index (χ0v) is 36.8. The molecule has 0 spiro atoms. The molecule has 2 bridgehead atoms. The number of rotatable bonds is 9. The lowest BCUT2D eigenvalue weighted by Crippen LogP contribution is -2.60. The molecule has 0 saturated carbocycles. The van der Waals surface area contributed by atoms with Crippen LogP contribution in [0.1, 0.15) is 80.2 Å². The Morgan fingerprint density at radius 1 is 1.02 bits per heavy atom. The van der Waals surface area contributed by atoms with Crippen LogP contribution < -0.4 is 4.74 Å². The van der Waals surface area contributed by atoms with E-state index in [4.69, 9.17) is 33.4 Å². The van der Waals surface area contributed by atoms with Gasteiger partial charge in [-0.1, -0.05) is 20.8 Å². The molecular formula is C44H65N5O10. The summed E-state index contributed by atoms with van der Waals surface area (Å²) in [6.45, 7) is 15.4. The van der Waals surface area contributed by atoms with Crippen molar-refractivity contribution in [3.8, 4) is 5.75 Å². The number of aliphatic hydroxyl groups excluding tert-OH is 1. The van der Waals surface area contributed by atoms with Gasteiger partial charge in [0.25, 0.3) is 0 Å². The van der Waals surface area contributed by atoms with Crippen LogP contribution in [-0.4, -0.2) is 144 Å². The number of cyclic esters (lactones) is 1. The molecule has 2 aromatic rings. The molecule has 0 aliphatic carbocycles. The van der Waals surface area contributed by atoms with Crippen LogP contribution in [-0.2, 0) is 39.7 Å². The van der Waals surface area contributed by atoms with Crippen LogP contribution in [0.4, 0.5) is 4.79 Å². The van der Waals surface area contributed by atoms with Crippen molar-refractivity contribution in [3.63, 3.8) is 0 Å². The number of fused-ring (bicyclic) bond motifs is 2. The number of aliphatic imine (C=N–C) groups is 1. The van der Waals surface area contributed by atoms with Crippen LogP contribution in [0, 0.1) is 23.7 Å². The molecule has 15 nitrogen and oxygen atoms in total. The molecule has 1 aromatic carbocycles. The molecule has 0 radical (unpaired) electrons. The Bertz CT molecular complexity index is 1890. The van der Waals surface area contributed by atoms with E-state index in [-0.39, 0.29) is 30.7 Å². The van der Waals surface area contributed by atoms with Crippen molar-refractivity contribution < 1.29 is 47.9 Å². The lowest BCUT2D eigenvalue weighted by atomic mass is 9.73. The van der Waals surface area contributed by atoms with Gasteiger partial charge in [-0.15, -0.1) is 0 Å². The van der Waals surface area contributed by atoms with E-state index in [0.717, 1.165) is 27.9 Å². The summed E-state index contributed by atoms with van der Waals surface area (Å²) in [5.74, 6) is -3.07. The third kappa shape index (κ3) is 8.60. The highest BCUT2D eigenvalue weighted by Gasteiger charge is 2.61. The molecule has 59 heavy (non-hydrogen) atoms. The maximum Gasteiger partial charge on any atom is 0.425 e. The number of Topliss-reactive ketones (excluding diaryl/α,β-unsaturated/α-hetero) is 1. The minimum atomic E-state index is -1.29. The monoisotopic (exact) mass is 823 g/mol. The summed E-state index contributed by atoms with van der Waals surface area (Å²) in [4.78, 5) is 54.1. The number of aryl methyl sites for hydroxylation is 1. The minimum absolute atomic E-state index is 0.190. The standard InChI is InChI=1S/C44H65N5O10/c1-24-22-43(7,55-12)39(58-41-37(51)34(47(9)10)20-25(2)56-41)27(4)36(50)28(5)40(52)57-29(6)44(8)38-26(3)35(24)46-23-48(49(38)42(53)59-44)19-13-14-30-17-18-45-33-21-31(54-11)15-16-32(30)33/h15-18,21,24-29,34,37-39,41,51H,13-14,19-20,22-23H2,1-12H3/t24-,25-,26-,27+,28?,29+,34+,37-,38-,39-,41+,43+,44-/m1/s1. The first-order chi connectivity index (χ1) is 27.8. The molecule has 4 aliphatic rings. The molecule has 3 saturated heterocycles. The number of aliphatic hydroxyl groups is 1. The first-order valence-electron chi connectivity index (χ1n) is 21.0. The van der Waals surface area contributed by atoms with Crippen LogP contribution >= 0.6 is 0 Å². The summed E-state index contributed by atoms with van der Waals surface area (Å²) < 4.78 is 37.1. The van der Waals surface area contributed by atoms with E-state index in [1.165, 1.54) is 6.92 Å². The predicted octanol–water partition coefficient (Wildman–Crippen LogP) is 5.05. The Morgan fingerprint density at radius 3 is 2.42 bits per heavy atom. The van der Waals surface area contributed by atoms with Crippen LogP contribution in [0.5, 0.6) is 5.75 Å². The predicted molar refractivity (Wildman–Crippen MR) is 221 cm³/mol. The largest absolute Gasteiger partial charge is 0.497 e. The molecule has 4 aliphatic heterocycles. The number of pyridine rings is 1. The fourth-order valence-corrected chi connectivity index (χ4v) is 9.95. The summed E-state index contributed by atoms with van der Waals surface area (Å²) >= 11 is 0. The second kappa shape index (κ2) is 17.7. The Balaban J connectivity index is 1.36. The van der Waals surface area contributed by atoms with Crippen molar-refractivity contribution in [1.82, 2.24) is 19.9 Å². The lowest BCUT2D eigenvalue weighted by molar-refractivity contribution is -0.295. The molecule has 3 fully saturated rings. The van der Waals surface area contributed by atoms with Crippen molar-refractivity contribution >= 4 is 34.5 Å². The number of hydrogen-bond donors (Lipinski definition) is 1. The van der Waals surface area contributed by atoms with Crippen LogP contribution in [0.25, 0.3) is 10.9 Å². The number of amides is 1. The molecule has 1 aromatic heterocycles. The molecule has 1 amide bonds. The number of hydrazine groups is 1. The van der Waals surface area contributed by atoms with Crippen LogP contribution in [0.3, 0.4) is 0 Å². The maximum absolute atomic E-state index is 14.3. The van der Waals surface area contributed by atoms with Crippen molar-refractivity contribution in [3.05, 3.63) is 36.0 Å². The van der Waals surface area contributed by atoms with Gasteiger partial charge in [-0.2, -0.15) is 5.01 Å². The van der Waals surface area contributed by atoms with E-state index in [9.17, 15) is 19.5 Å². The summed E-state index contributed by atoms with van der Waals surface area (Å²) in [7, 11) is 7.01. The molecule has 6 rings (SSSR count). The van der Waals surface area contributed by atoms with Gasteiger partial charge in [-0.3, -0.25) is 19.6 Å². The van der Waals surface area contributed by atoms with E-state index in [1.54, 1.807) is 46.2 Å². The molecule has 1 N–H and O–H groups in total. The number of carbonyl (C=O) groups excluding carboxylic acids is 3. The summed E-state index contributed by atoms with van der Waals surface area (Å²) in [5.41, 5.74) is 0.376. The Kier molecular flexibility index (Phi) is 13.4. The quantitative estimate of drug-likeness (QED) is 0.265. The second-order valence-corrected chi connectivity index (χ2v) is 17.8. The number of ether oxygens (including phenoxy) is 6. The topological polar surface area (TPSA) is 162 Å². The number of benzene rings is 1. The number of aromatic nitrogens is 1. The van der Waals surface area contributed by atoms with Gasteiger partial charge in [0.2, 0.25) is 0 Å². The number of methoxy groups -OCH3 is 2. The van der Waals surface area contributed by atoms with Crippen molar-refractivity contribution in [1.29, 1.82) is 0 Å². The summed E-state index contributed by atoms with van der Waals surface area (Å²) in [6.07, 6.45) is -0.568. The SMILES string of the molecule is COc1ccc2c(CCCN3CN=C4[C@H](C)C[C@](C)(OC)[C@H](O[C@@H]5O[C@H](C)C[C@H](N(C)C)[C@H]5O)[C@@H](C)C(=O)C(C)C(=O)O[C@@H](C)[C@@]5(C)OC(=O)N3[C@@H]5[C@@H]4C)ccnc2c1. The molecule has 5 heterocycles. The minimum Gasteiger partial charge on any atom is -0.497 e. The number of ketones is 1. The Morgan fingerprint density at radius 2 is 1.75 bits per heavy atom. The van der Waals surface area contributed by atoms with Crippen molar-refractivity contribution in [2.45, 2.75) is 135 Å². The van der Waals surface area contributed by atoms with Crippen LogP contribution in [0.15, 0.2) is 35.5 Å². The van der Waals surface area contributed by atoms with Gasteiger partial charge in [-0.25, -0.2) is 9.80 Å². The average molecular weight is 824 g/mol. The smallest absolute Gasteiger partial charge is 0.425 e. The highest BCUT2D eigenvalue weighted by Crippen LogP contribution is 2.44. The van der Waals surface area contributed by atoms with Crippen LogP contribution in [0.2, 0.25) is 0 Å². The number of hydrogen-bond acceptors (Lipinski definition) is 14. The van der Waals surface area contributed by atoms with Gasteiger partial charge in [0.05, 0.1) is 30.4 Å². The number of esters is 1. The Labute approximate surface area is 348 Å². The van der Waals surface area contributed by atoms with E-state index in [2.05, 4.69) is 11.9 Å². The highest BCUT2D eigenvalue weighted by molar-refractivity contribution is 6.00. The molecule has 1 unspecified atom stereocenters. The van der Waals surface area contributed by atoms with E-state index >= 15 is 0 Å². The van der Waals surface area contributed by atoms with Gasteiger partial charge in [0, 0.05) is 54.9 Å². The van der Waals surface area contributed by atoms with E-state index < -0.39 is 71.5 Å². The fraction of sp³-hybridized carbons (Fsp3) is 0.705. The number of likely N-dealkylation sites (N-methyl/N-ethyl adjacent to an activating group) is 1. The third-order valence-corrected chi connectivity index (χ3v) is 13.5. The fourth-order valence-electron chi connectivity index (χ4n) is 9.95. The molecule has 15 heteroatoms. The van der Waals surface area contributed by atoms with Gasteiger partial charge < -0.3 is 38.4 Å². The maximum atomic E-state index is 14.3. The van der Waals surface area contributed by atoms with Crippen molar-refractivity contribution in [2.75, 3.05) is 41.5 Å². The first kappa shape index (κ1) is 44.8. The van der Waals surface area contributed by atoms with E-state index in [0.29, 0.717) is 32.2 Å². The highest BCUT2D eigenvalue weighted by atomic mass is 16.7. The number of carbonyl (C=O) groups is 3. The lowest BCUT2D eigenvalue weighted by Gasteiger charge is -2.47. The van der Waals surface area contributed by atoms with Gasteiger partial charge in [-0.05, 0) is 104 Å².